The van der Waals surface area contributed by atoms with Crippen LogP contribution in [0.3, 0.4) is 0 Å². The maximum Gasteiger partial charge on any atom is 0.234 e. The molecule has 164 valence electrons. The predicted octanol–water partition coefficient (Wildman–Crippen LogP) is 7.78. The highest BCUT2D eigenvalue weighted by Gasteiger charge is 2.09. The Morgan fingerprint density at radius 1 is 0.793 bits per heavy atom. The van der Waals surface area contributed by atoms with Crippen molar-refractivity contribution in [2.75, 3.05) is 6.54 Å². The lowest BCUT2D eigenvalue weighted by Gasteiger charge is -2.18. The van der Waals surface area contributed by atoms with E-state index >= 15 is 0 Å². The van der Waals surface area contributed by atoms with Crippen LogP contribution in [0.5, 0.6) is 0 Å². The molecule has 1 atom stereocenters. The molecule has 0 radical (unpaired) electrons. The Labute approximate surface area is 179 Å². The molecule has 0 bridgehead atoms. The zero-order valence-corrected chi connectivity index (χ0v) is 18.7. The van der Waals surface area contributed by atoms with Crippen molar-refractivity contribution in [3.05, 3.63) is 35.9 Å². The minimum Gasteiger partial charge on any atom is -0.374 e. The van der Waals surface area contributed by atoms with Crippen LogP contribution in [0.2, 0.25) is 0 Å². The van der Waals surface area contributed by atoms with Gasteiger partial charge >= 0.3 is 0 Å². The maximum atomic E-state index is 9.99. The molecule has 0 saturated heterocycles. The van der Waals surface area contributed by atoms with Gasteiger partial charge in [-0.2, -0.15) is 0 Å². The quantitative estimate of drug-likeness (QED) is 0.127. The minimum absolute atomic E-state index is 0.418. The summed E-state index contributed by atoms with van der Waals surface area (Å²) < 4.78 is 6.28. The van der Waals surface area contributed by atoms with E-state index in [-0.39, 0.29) is 0 Å². The lowest BCUT2D eigenvalue weighted by molar-refractivity contribution is 0.0261. The van der Waals surface area contributed by atoms with Gasteiger partial charge in [-0.3, -0.25) is 0 Å². The number of aliphatic imine (C=N–C) groups is 1. The van der Waals surface area contributed by atoms with Crippen LogP contribution in [-0.4, -0.2) is 18.7 Å². The molecule has 1 unspecified atom stereocenters. The summed E-state index contributed by atoms with van der Waals surface area (Å²) >= 11 is 0. The van der Waals surface area contributed by atoms with Crippen molar-refractivity contribution < 1.29 is 9.53 Å². The van der Waals surface area contributed by atoms with Gasteiger partial charge in [-0.25, -0.2) is 9.79 Å². The Bertz CT molecular complexity index is 511. The molecule has 1 rings (SSSR count). The molecule has 3 nitrogen and oxygen atoms in total. The van der Waals surface area contributed by atoms with Crippen LogP contribution in [0.1, 0.15) is 109 Å². The molecule has 1 aromatic rings. The number of ether oxygens (including phenoxy) is 1. The maximum absolute atomic E-state index is 9.99. The second-order valence-corrected chi connectivity index (χ2v) is 8.21. The normalized spacial score (nSPS) is 11.9. The monoisotopic (exact) mass is 401 g/mol. The number of unbranched alkanes of at least 4 members (excludes halogenated alkanes) is 11. The van der Waals surface area contributed by atoms with Gasteiger partial charge in [0.1, 0.15) is 0 Å². The van der Waals surface area contributed by atoms with Gasteiger partial charge in [0, 0.05) is 0 Å². The molecule has 0 fully saturated rings. The van der Waals surface area contributed by atoms with Crippen molar-refractivity contribution in [2.45, 2.75) is 116 Å². The lowest BCUT2D eigenvalue weighted by atomic mass is 10.0. The molecule has 0 spiro atoms. The molecule has 1 aromatic carbocycles. The zero-order chi connectivity index (χ0) is 20.8. The largest absolute Gasteiger partial charge is 0.374 e. The van der Waals surface area contributed by atoms with Crippen LogP contribution in [0.4, 0.5) is 0 Å². The van der Waals surface area contributed by atoms with E-state index in [4.69, 9.17) is 4.74 Å². The molecule has 0 N–H and O–H groups in total. The number of hydrogen-bond acceptors (Lipinski definition) is 3. The van der Waals surface area contributed by atoms with Gasteiger partial charge < -0.3 is 4.74 Å². The summed E-state index contributed by atoms with van der Waals surface area (Å²) in [6.07, 6.45) is 21.1. The molecular weight excluding hydrogens is 358 g/mol. The molecular formula is C26H43NO2. The Morgan fingerprint density at radius 3 is 1.93 bits per heavy atom. The molecule has 0 amide bonds. The van der Waals surface area contributed by atoms with Gasteiger partial charge in [0.15, 0.2) is 0 Å². The third-order valence-corrected chi connectivity index (χ3v) is 5.57. The minimum atomic E-state index is 0.418. The summed E-state index contributed by atoms with van der Waals surface area (Å²) in [6.45, 7) is 3.67. The number of benzene rings is 1. The summed E-state index contributed by atoms with van der Waals surface area (Å²) in [5.74, 6) is 0. The number of rotatable bonds is 20. The predicted molar refractivity (Wildman–Crippen MR) is 123 cm³/mol. The van der Waals surface area contributed by atoms with Gasteiger partial charge in [0.2, 0.25) is 6.08 Å². The number of isocyanates is 1. The van der Waals surface area contributed by atoms with Gasteiger partial charge in [-0.05, 0) is 24.8 Å². The first-order valence-corrected chi connectivity index (χ1v) is 12.1. The van der Waals surface area contributed by atoms with E-state index in [0.29, 0.717) is 12.6 Å². The summed E-state index contributed by atoms with van der Waals surface area (Å²) in [5, 5.41) is 0. The first kappa shape index (κ1) is 25.6. The fourth-order valence-electron chi connectivity index (χ4n) is 3.74. The Balaban J connectivity index is 2.08. The van der Waals surface area contributed by atoms with Crippen molar-refractivity contribution >= 4 is 6.08 Å². The summed E-state index contributed by atoms with van der Waals surface area (Å²) in [5.41, 5.74) is 1.28. The first-order chi connectivity index (χ1) is 14.4. The van der Waals surface area contributed by atoms with E-state index in [1.54, 1.807) is 6.08 Å². The second kappa shape index (κ2) is 19.9. The average Bonchev–Trinajstić information content (AvgIpc) is 2.75. The van der Waals surface area contributed by atoms with E-state index in [1.807, 2.05) is 0 Å². The van der Waals surface area contributed by atoms with Crippen molar-refractivity contribution in [3.8, 4) is 0 Å². The van der Waals surface area contributed by atoms with Crippen LogP contribution < -0.4 is 0 Å². The highest BCUT2D eigenvalue weighted by Crippen LogP contribution is 2.18. The Morgan fingerprint density at radius 2 is 1.34 bits per heavy atom. The molecule has 0 aromatic heterocycles. The number of carbonyl (C=O) groups excluding carboxylic acids is 1. The lowest BCUT2D eigenvalue weighted by Crippen LogP contribution is -2.13. The van der Waals surface area contributed by atoms with Crippen LogP contribution in [0.15, 0.2) is 35.3 Å². The van der Waals surface area contributed by atoms with Gasteiger partial charge in [0.05, 0.1) is 19.3 Å². The summed E-state index contributed by atoms with van der Waals surface area (Å²) in [6, 6.07) is 10.6. The van der Waals surface area contributed by atoms with E-state index in [0.717, 1.165) is 13.0 Å². The van der Waals surface area contributed by atoms with Crippen molar-refractivity contribution in [2.24, 2.45) is 4.99 Å². The highest BCUT2D eigenvalue weighted by atomic mass is 16.5. The van der Waals surface area contributed by atoms with E-state index in [1.165, 1.54) is 95.5 Å². The van der Waals surface area contributed by atoms with Crippen LogP contribution in [0.25, 0.3) is 0 Å². The van der Waals surface area contributed by atoms with Crippen molar-refractivity contribution in [3.63, 3.8) is 0 Å². The van der Waals surface area contributed by atoms with Gasteiger partial charge in [-0.1, -0.05) is 114 Å². The van der Waals surface area contributed by atoms with Crippen molar-refractivity contribution in [1.82, 2.24) is 0 Å². The second-order valence-electron chi connectivity index (χ2n) is 8.21. The summed E-state index contributed by atoms with van der Waals surface area (Å²) in [7, 11) is 0. The average molecular weight is 402 g/mol. The fourth-order valence-corrected chi connectivity index (χ4v) is 3.74. The van der Waals surface area contributed by atoms with E-state index in [2.05, 4.69) is 42.2 Å². The number of nitrogens with zero attached hydrogens (tertiary/aromatic N) is 1. The standard InChI is InChI=1S/C26H43NO2/c1-2-3-4-15-20-26(29-23-25-18-13-12-14-19-25)21-16-10-8-6-5-7-9-11-17-22-27-24-28/h12-14,18-19,26H,2-11,15-17,20-23H2,1H3. The highest BCUT2D eigenvalue weighted by molar-refractivity contribution is 5.32. The van der Waals surface area contributed by atoms with Gasteiger partial charge in [-0.15, -0.1) is 0 Å². The van der Waals surface area contributed by atoms with Crippen LogP contribution in [-0.2, 0) is 16.1 Å². The van der Waals surface area contributed by atoms with Gasteiger partial charge in [0.25, 0.3) is 0 Å². The third-order valence-electron chi connectivity index (χ3n) is 5.57. The fraction of sp³-hybridized carbons (Fsp3) is 0.731. The van der Waals surface area contributed by atoms with Crippen LogP contribution >= 0.6 is 0 Å². The molecule has 0 aliphatic rings. The van der Waals surface area contributed by atoms with E-state index < -0.39 is 0 Å². The van der Waals surface area contributed by atoms with Crippen molar-refractivity contribution in [1.29, 1.82) is 0 Å². The smallest absolute Gasteiger partial charge is 0.234 e. The molecule has 0 aliphatic carbocycles. The topological polar surface area (TPSA) is 38.7 Å². The first-order valence-electron chi connectivity index (χ1n) is 12.1. The van der Waals surface area contributed by atoms with E-state index in [9.17, 15) is 4.79 Å². The SMILES string of the molecule is CCCCCCC(CCCCCCCCCCCN=C=O)OCc1ccccc1. The molecule has 29 heavy (non-hydrogen) atoms. The zero-order valence-electron chi connectivity index (χ0n) is 18.7. The third kappa shape index (κ3) is 16.1. The van der Waals surface area contributed by atoms with Crippen LogP contribution in [0, 0.1) is 0 Å². The molecule has 0 aliphatic heterocycles. The number of hydrogen-bond donors (Lipinski definition) is 0. The Kier molecular flexibility index (Phi) is 17.5. The molecule has 0 saturated carbocycles. The molecule has 0 heterocycles. The summed E-state index contributed by atoms with van der Waals surface area (Å²) in [4.78, 5) is 13.6. The Hall–Kier alpha value is -1.44. The molecule has 3 heteroatoms.